The summed E-state index contributed by atoms with van der Waals surface area (Å²) < 4.78 is 0. The lowest BCUT2D eigenvalue weighted by Crippen LogP contribution is -2.52. The van der Waals surface area contributed by atoms with Crippen LogP contribution in [0.5, 0.6) is 0 Å². The third-order valence-electron chi connectivity index (χ3n) is 5.25. The van der Waals surface area contributed by atoms with E-state index in [2.05, 4.69) is 58.2 Å². The Balaban J connectivity index is 1.56. The highest BCUT2D eigenvalue weighted by Crippen LogP contribution is 2.18. The molecule has 0 unspecified atom stereocenters. The van der Waals surface area contributed by atoms with Gasteiger partial charge in [0.25, 0.3) is 0 Å². The van der Waals surface area contributed by atoms with Crippen molar-refractivity contribution in [2.75, 3.05) is 50.7 Å². The van der Waals surface area contributed by atoms with E-state index in [0.717, 1.165) is 38.7 Å². The molecule has 3 rings (SSSR count). The minimum atomic E-state index is -0.0665. The number of piperidine rings is 1. The van der Waals surface area contributed by atoms with Crippen molar-refractivity contribution < 1.29 is 9.59 Å². The van der Waals surface area contributed by atoms with Crippen molar-refractivity contribution in [3.8, 4) is 0 Å². The van der Waals surface area contributed by atoms with Crippen LogP contribution >= 0.6 is 0 Å². The number of hydrogen-bond donors (Lipinski definition) is 1. The minimum Gasteiger partial charge on any atom is -0.368 e. The molecule has 0 atom stereocenters. The minimum absolute atomic E-state index is 0.0665. The molecule has 152 valence electrons. The van der Waals surface area contributed by atoms with Crippen LogP contribution in [0, 0.1) is 6.92 Å². The second-order valence-electron chi connectivity index (χ2n) is 7.34. The molecule has 2 heterocycles. The van der Waals surface area contributed by atoms with Gasteiger partial charge in [0.05, 0.1) is 6.54 Å². The fourth-order valence-corrected chi connectivity index (χ4v) is 3.73. The van der Waals surface area contributed by atoms with Crippen molar-refractivity contribution in [1.82, 2.24) is 15.1 Å². The molecule has 7 nitrogen and oxygen atoms in total. The molecule has 0 bridgehead atoms. The molecular weight excluding hydrogens is 354 g/mol. The molecule has 0 saturated carbocycles. The third-order valence-corrected chi connectivity index (χ3v) is 5.25. The Labute approximate surface area is 167 Å². The standard InChI is InChI=1S/C21H31N5O2/c1-3-22-21(23-10-11-26-19(27)8-5-9-20(26)28)25-14-12-24(13-15-25)18-7-4-6-17(2)16-18/h4,6-7,16H,3,5,8-15H2,1-2H3,(H,22,23). The molecule has 2 saturated heterocycles. The van der Waals surface area contributed by atoms with Crippen LogP contribution in [0.1, 0.15) is 31.7 Å². The number of carbonyl (C=O) groups excluding carboxylic acids is 2. The number of amides is 2. The number of nitrogens with zero attached hydrogens (tertiary/aromatic N) is 4. The van der Waals surface area contributed by atoms with Gasteiger partial charge < -0.3 is 15.1 Å². The summed E-state index contributed by atoms with van der Waals surface area (Å²) in [5, 5.41) is 3.35. The maximum absolute atomic E-state index is 11.9. The van der Waals surface area contributed by atoms with Gasteiger partial charge in [0.15, 0.2) is 5.96 Å². The number of rotatable bonds is 5. The number of benzene rings is 1. The fourth-order valence-electron chi connectivity index (χ4n) is 3.73. The van der Waals surface area contributed by atoms with E-state index in [1.165, 1.54) is 16.2 Å². The van der Waals surface area contributed by atoms with E-state index < -0.39 is 0 Å². The predicted molar refractivity (Wildman–Crippen MR) is 112 cm³/mol. The number of imide groups is 1. The molecule has 7 heteroatoms. The smallest absolute Gasteiger partial charge is 0.229 e. The van der Waals surface area contributed by atoms with Crippen LogP contribution in [0.4, 0.5) is 5.69 Å². The number of carbonyl (C=O) groups is 2. The second kappa shape index (κ2) is 9.57. The van der Waals surface area contributed by atoms with Crippen LogP contribution in [0.2, 0.25) is 0 Å². The summed E-state index contributed by atoms with van der Waals surface area (Å²) in [5.41, 5.74) is 2.54. The monoisotopic (exact) mass is 385 g/mol. The van der Waals surface area contributed by atoms with Crippen LogP contribution < -0.4 is 10.2 Å². The van der Waals surface area contributed by atoms with E-state index in [1.54, 1.807) is 0 Å². The number of piperazine rings is 1. The number of anilines is 1. The Morgan fingerprint density at radius 3 is 2.46 bits per heavy atom. The average Bonchev–Trinajstić information content (AvgIpc) is 2.69. The molecule has 2 aliphatic heterocycles. The van der Waals surface area contributed by atoms with Gasteiger partial charge in [-0.25, -0.2) is 0 Å². The van der Waals surface area contributed by atoms with Gasteiger partial charge in [-0.3, -0.25) is 19.5 Å². The van der Waals surface area contributed by atoms with Gasteiger partial charge in [-0.2, -0.15) is 0 Å². The van der Waals surface area contributed by atoms with Gasteiger partial charge in [0, 0.05) is 57.8 Å². The van der Waals surface area contributed by atoms with Crippen LogP contribution in [0.15, 0.2) is 29.3 Å². The highest BCUT2D eigenvalue weighted by molar-refractivity contribution is 5.97. The molecule has 0 aliphatic carbocycles. The highest BCUT2D eigenvalue weighted by Gasteiger charge is 2.25. The fraction of sp³-hybridized carbons (Fsp3) is 0.571. The first-order chi connectivity index (χ1) is 13.6. The Morgan fingerprint density at radius 2 is 1.82 bits per heavy atom. The third kappa shape index (κ3) is 5.03. The first-order valence-electron chi connectivity index (χ1n) is 10.3. The summed E-state index contributed by atoms with van der Waals surface area (Å²) >= 11 is 0. The number of nitrogens with one attached hydrogen (secondary N) is 1. The summed E-state index contributed by atoms with van der Waals surface area (Å²) in [7, 11) is 0. The zero-order valence-electron chi connectivity index (χ0n) is 17.0. The van der Waals surface area contributed by atoms with E-state index in [4.69, 9.17) is 0 Å². The maximum Gasteiger partial charge on any atom is 0.229 e. The van der Waals surface area contributed by atoms with Gasteiger partial charge in [-0.05, 0) is 38.0 Å². The van der Waals surface area contributed by atoms with Gasteiger partial charge in [-0.15, -0.1) is 0 Å². The van der Waals surface area contributed by atoms with E-state index in [-0.39, 0.29) is 11.8 Å². The number of hydrogen-bond acceptors (Lipinski definition) is 4. The zero-order valence-corrected chi connectivity index (χ0v) is 17.0. The Kier molecular flexibility index (Phi) is 6.90. The molecule has 28 heavy (non-hydrogen) atoms. The Morgan fingerprint density at radius 1 is 1.11 bits per heavy atom. The molecular formula is C21H31N5O2. The topological polar surface area (TPSA) is 68.2 Å². The first kappa shape index (κ1) is 20.2. The molecule has 2 aliphatic rings. The van der Waals surface area contributed by atoms with Gasteiger partial charge >= 0.3 is 0 Å². The van der Waals surface area contributed by atoms with Gasteiger partial charge in [0.2, 0.25) is 11.8 Å². The summed E-state index contributed by atoms with van der Waals surface area (Å²) in [4.78, 5) is 34.6. The number of guanidine groups is 1. The molecule has 2 amide bonds. The van der Waals surface area contributed by atoms with Crippen LogP contribution in [0.25, 0.3) is 0 Å². The van der Waals surface area contributed by atoms with Crippen molar-refractivity contribution in [2.24, 2.45) is 4.99 Å². The van der Waals surface area contributed by atoms with Crippen molar-refractivity contribution in [3.63, 3.8) is 0 Å². The van der Waals surface area contributed by atoms with Crippen LogP contribution in [0.3, 0.4) is 0 Å². The normalized spacial score (nSPS) is 18.6. The maximum atomic E-state index is 11.9. The largest absolute Gasteiger partial charge is 0.368 e. The lowest BCUT2D eigenvalue weighted by atomic mass is 10.1. The summed E-state index contributed by atoms with van der Waals surface area (Å²) in [6, 6.07) is 8.61. The number of aliphatic imine (C=N–C) groups is 1. The SMILES string of the molecule is CCNC(=NCCN1C(=O)CCCC1=O)N1CCN(c2cccc(C)c2)CC1. The number of aryl methyl sites for hydroxylation is 1. The van der Waals surface area contributed by atoms with Crippen molar-refractivity contribution in [3.05, 3.63) is 29.8 Å². The van der Waals surface area contributed by atoms with E-state index >= 15 is 0 Å². The molecule has 1 aromatic carbocycles. The molecule has 0 radical (unpaired) electrons. The molecule has 0 spiro atoms. The summed E-state index contributed by atoms with van der Waals surface area (Å²) in [5.74, 6) is 0.731. The second-order valence-corrected chi connectivity index (χ2v) is 7.34. The van der Waals surface area contributed by atoms with Crippen LogP contribution in [-0.2, 0) is 9.59 Å². The van der Waals surface area contributed by atoms with Crippen LogP contribution in [-0.4, -0.2) is 73.4 Å². The van der Waals surface area contributed by atoms with E-state index in [0.29, 0.717) is 32.4 Å². The first-order valence-corrected chi connectivity index (χ1v) is 10.3. The Bertz CT molecular complexity index is 709. The van der Waals surface area contributed by atoms with E-state index in [1.807, 2.05) is 0 Å². The van der Waals surface area contributed by atoms with Crippen molar-refractivity contribution in [1.29, 1.82) is 0 Å². The average molecular weight is 386 g/mol. The Hall–Kier alpha value is -2.57. The summed E-state index contributed by atoms with van der Waals surface area (Å²) in [6.07, 6.45) is 1.61. The lowest BCUT2D eigenvalue weighted by Gasteiger charge is -2.38. The summed E-state index contributed by atoms with van der Waals surface area (Å²) in [6.45, 7) is 9.44. The quantitative estimate of drug-likeness (QED) is 0.474. The van der Waals surface area contributed by atoms with E-state index in [9.17, 15) is 9.59 Å². The van der Waals surface area contributed by atoms with Crippen molar-refractivity contribution >= 4 is 23.5 Å². The zero-order chi connectivity index (χ0) is 19.9. The number of likely N-dealkylation sites (tertiary alicyclic amines) is 1. The lowest BCUT2D eigenvalue weighted by molar-refractivity contribution is -0.147. The van der Waals surface area contributed by atoms with Crippen molar-refractivity contribution in [2.45, 2.75) is 33.1 Å². The van der Waals surface area contributed by atoms with Gasteiger partial charge in [0.1, 0.15) is 0 Å². The molecule has 1 aromatic rings. The molecule has 1 N–H and O–H groups in total. The highest BCUT2D eigenvalue weighted by atomic mass is 16.2. The predicted octanol–water partition coefficient (Wildman–Crippen LogP) is 1.62. The molecule has 0 aromatic heterocycles. The van der Waals surface area contributed by atoms with Gasteiger partial charge in [-0.1, -0.05) is 12.1 Å². The molecule has 2 fully saturated rings.